The van der Waals surface area contributed by atoms with Crippen molar-refractivity contribution in [2.75, 3.05) is 4.90 Å². The van der Waals surface area contributed by atoms with Crippen LogP contribution in [-0.4, -0.2) is 0 Å². The zero-order valence-corrected chi connectivity index (χ0v) is 29.5. The quantitative estimate of drug-likeness (QED) is 0.189. The molecule has 0 aliphatic heterocycles. The molecular weight excluding hydrogens is 591 g/mol. The van der Waals surface area contributed by atoms with E-state index in [0.29, 0.717) is 5.41 Å². The molecule has 6 aliphatic rings. The maximum Gasteiger partial charge on any atom is 0.0468 e. The van der Waals surface area contributed by atoms with Crippen molar-refractivity contribution >= 4 is 17.1 Å². The molecule has 0 heterocycles. The van der Waals surface area contributed by atoms with Gasteiger partial charge in [-0.25, -0.2) is 0 Å². The first-order valence-corrected chi connectivity index (χ1v) is 19.1. The fraction of sp³-hybridized carbons (Fsp3) is 0.375. The monoisotopic (exact) mass is 637 g/mol. The zero-order chi connectivity index (χ0) is 32.9. The Hall–Kier alpha value is -4.10. The lowest BCUT2D eigenvalue weighted by atomic mass is 9.27. The second kappa shape index (κ2) is 9.36. The first-order valence-electron chi connectivity index (χ1n) is 19.1. The van der Waals surface area contributed by atoms with Gasteiger partial charge < -0.3 is 4.90 Å². The van der Waals surface area contributed by atoms with Crippen LogP contribution >= 0.6 is 0 Å². The van der Waals surface area contributed by atoms with E-state index in [9.17, 15) is 0 Å². The third-order valence-electron chi connectivity index (χ3n) is 15.2. The standard InChI is InChI=1S/C48H47N/c1-45(2)23-24-46(3,4)44-36(14-10-16-41(44)45)31-17-19-34(20-18-31)49(33-11-6-5-7-12-33)35-21-22-40-38(28-35)37-13-8-9-15-39(37)48(40)42-26-30-25-32-27-43(48)47(32,42)29-30/h5-22,28,30,32,42-43H,23-27,29H2,1-4H3. The van der Waals surface area contributed by atoms with Crippen LogP contribution in [0.4, 0.5) is 17.1 Å². The van der Waals surface area contributed by atoms with Gasteiger partial charge >= 0.3 is 0 Å². The molecule has 6 unspecified atom stereocenters. The first kappa shape index (κ1) is 28.7. The van der Waals surface area contributed by atoms with Crippen LogP contribution in [0.2, 0.25) is 0 Å². The van der Waals surface area contributed by atoms with Crippen LogP contribution in [0.15, 0.2) is 115 Å². The average Bonchev–Trinajstić information content (AvgIpc) is 3.75. The minimum absolute atomic E-state index is 0.160. The molecule has 0 saturated heterocycles. The maximum atomic E-state index is 2.56. The highest BCUT2D eigenvalue weighted by Gasteiger charge is 2.84. The Morgan fingerprint density at radius 3 is 2.00 bits per heavy atom. The van der Waals surface area contributed by atoms with Crippen LogP contribution < -0.4 is 4.90 Å². The lowest BCUT2D eigenvalue weighted by Gasteiger charge is -2.76. The summed E-state index contributed by atoms with van der Waals surface area (Å²) in [5.74, 6) is 3.67. The summed E-state index contributed by atoms with van der Waals surface area (Å²) < 4.78 is 0. The van der Waals surface area contributed by atoms with Crippen molar-refractivity contribution in [2.45, 2.75) is 82.5 Å². The number of para-hydroxylation sites is 1. The van der Waals surface area contributed by atoms with E-state index in [-0.39, 0.29) is 16.2 Å². The van der Waals surface area contributed by atoms with Crippen LogP contribution in [-0.2, 0) is 16.2 Å². The van der Waals surface area contributed by atoms with E-state index in [1.54, 1.807) is 11.1 Å². The number of hydrogen-bond donors (Lipinski definition) is 0. The number of rotatable bonds is 4. The number of anilines is 3. The predicted octanol–water partition coefficient (Wildman–Crippen LogP) is 12.5. The van der Waals surface area contributed by atoms with Gasteiger partial charge in [0, 0.05) is 22.5 Å². The third-order valence-corrected chi connectivity index (χ3v) is 15.2. The molecule has 0 aromatic heterocycles. The molecule has 2 bridgehead atoms. The van der Waals surface area contributed by atoms with Crippen molar-refractivity contribution in [3.05, 3.63) is 138 Å². The molecule has 49 heavy (non-hydrogen) atoms. The summed E-state index contributed by atoms with van der Waals surface area (Å²) >= 11 is 0. The summed E-state index contributed by atoms with van der Waals surface area (Å²) in [7, 11) is 0. The molecule has 1 nitrogen and oxygen atoms in total. The van der Waals surface area contributed by atoms with E-state index < -0.39 is 0 Å². The highest BCUT2D eigenvalue weighted by atomic mass is 15.1. The smallest absolute Gasteiger partial charge is 0.0468 e. The summed E-state index contributed by atoms with van der Waals surface area (Å²) in [5, 5.41) is 0. The van der Waals surface area contributed by atoms with Gasteiger partial charge in [0.25, 0.3) is 0 Å². The highest BCUT2D eigenvalue weighted by molar-refractivity contribution is 5.88. The number of hydrogen-bond acceptors (Lipinski definition) is 1. The van der Waals surface area contributed by atoms with E-state index in [1.165, 1.54) is 89.0 Å². The Labute approximate surface area is 292 Å². The van der Waals surface area contributed by atoms with Crippen molar-refractivity contribution in [3.63, 3.8) is 0 Å². The summed E-state index contributed by atoms with van der Waals surface area (Å²) in [6, 6.07) is 44.5. The molecule has 0 radical (unpaired) electrons. The molecule has 6 atom stereocenters. The van der Waals surface area contributed by atoms with E-state index >= 15 is 0 Å². The molecule has 5 aromatic rings. The van der Waals surface area contributed by atoms with Gasteiger partial charge in [0.15, 0.2) is 0 Å². The normalized spacial score (nSPS) is 31.3. The van der Waals surface area contributed by atoms with Crippen LogP contribution in [0.25, 0.3) is 22.3 Å². The lowest BCUT2D eigenvalue weighted by molar-refractivity contribution is -0.231. The van der Waals surface area contributed by atoms with Crippen molar-refractivity contribution in [1.82, 2.24) is 0 Å². The van der Waals surface area contributed by atoms with E-state index in [4.69, 9.17) is 0 Å². The van der Waals surface area contributed by atoms with Gasteiger partial charge in [-0.2, -0.15) is 0 Å². The van der Waals surface area contributed by atoms with Gasteiger partial charge in [-0.15, -0.1) is 0 Å². The molecule has 11 rings (SSSR count). The van der Waals surface area contributed by atoms with Crippen molar-refractivity contribution in [1.29, 1.82) is 0 Å². The molecule has 4 fully saturated rings. The minimum Gasteiger partial charge on any atom is -0.310 e. The van der Waals surface area contributed by atoms with Crippen LogP contribution in [0.5, 0.6) is 0 Å². The van der Waals surface area contributed by atoms with Crippen LogP contribution in [0.3, 0.4) is 0 Å². The Bertz CT molecular complexity index is 2170. The Kier molecular flexibility index (Phi) is 5.49. The van der Waals surface area contributed by atoms with Crippen LogP contribution in [0, 0.1) is 29.1 Å². The zero-order valence-electron chi connectivity index (χ0n) is 29.5. The maximum absolute atomic E-state index is 2.56. The number of fused-ring (bicyclic) bond motifs is 9. The SMILES string of the molecule is CC1(C)CCC(C)(C)c2c(-c3ccc(N(c4ccccc4)c4ccc5c(c4)-c4ccccc4C54C5CC6CC7CC4C75C6)cc3)cccc21. The second-order valence-corrected chi connectivity index (χ2v) is 18.0. The largest absolute Gasteiger partial charge is 0.310 e. The van der Waals surface area contributed by atoms with Crippen molar-refractivity contribution in [2.24, 2.45) is 29.1 Å². The van der Waals surface area contributed by atoms with Gasteiger partial charge in [0.1, 0.15) is 0 Å². The minimum atomic E-state index is 0.160. The molecule has 0 amide bonds. The molecule has 1 heteroatoms. The van der Waals surface area contributed by atoms with E-state index in [0.717, 1.165) is 23.7 Å². The average molecular weight is 638 g/mol. The van der Waals surface area contributed by atoms with Gasteiger partial charge in [-0.05, 0) is 159 Å². The van der Waals surface area contributed by atoms with Gasteiger partial charge in [0.05, 0.1) is 0 Å². The number of nitrogens with zero attached hydrogens (tertiary/aromatic N) is 1. The molecule has 2 spiro atoms. The third kappa shape index (κ3) is 3.43. The predicted molar refractivity (Wildman–Crippen MR) is 203 cm³/mol. The van der Waals surface area contributed by atoms with E-state index in [2.05, 4.69) is 148 Å². The Morgan fingerprint density at radius 2 is 1.18 bits per heavy atom. The summed E-state index contributed by atoms with van der Waals surface area (Å²) in [5.41, 5.74) is 16.9. The second-order valence-electron chi connectivity index (χ2n) is 18.0. The molecule has 6 aliphatic carbocycles. The van der Waals surface area contributed by atoms with E-state index in [1.807, 2.05) is 0 Å². The fourth-order valence-corrected chi connectivity index (χ4v) is 13.2. The van der Waals surface area contributed by atoms with Gasteiger partial charge in [0.2, 0.25) is 0 Å². The Morgan fingerprint density at radius 1 is 0.531 bits per heavy atom. The topological polar surface area (TPSA) is 3.24 Å². The molecule has 4 saturated carbocycles. The van der Waals surface area contributed by atoms with Crippen molar-refractivity contribution in [3.8, 4) is 22.3 Å². The lowest BCUT2D eigenvalue weighted by Crippen LogP contribution is -2.73. The van der Waals surface area contributed by atoms with Gasteiger partial charge in [-0.1, -0.05) is 107 Å². The first-order chi connectivity index (χ1) is 23.7. The van der Waals surface area contributed by atoms with Crippen LogP contribution in [0.1, 0.15) is 88.5 Å². The number of benzene rings is 5. The fourth-order valence-electron chi connectivity index (χ4n) is 13.2. The van der Waals surface area contributed by atoms with Gasteiger partial charge in [-0.3, -0.25) is 0 Å². The summed E-state index contributed by atoms with van der Waals surface area (Å²) in [4.78, 5) is 2.48. The Balaban J connectivity index is 1.03. The molecule has 244 valence electrons. The molecular formula is C48H47N. The highest BCUT2D eigenvalue weighted by Crippen LogP contribution is 2.89. The summed E-state index contributed by atoms with van der Waals surface area (Å²) in [6.07, 6.45) is 8.38. The molecule has 0 N–H and O–H groups in total. The molecule has 5 aromatic carbocycles. The van der Waals surface area contributed by atoms with Crippen molar-refractivity contribution < 1.29 is 0 Å². The summed E-state index contributed by atoms with van der Waals surface area (Å²) in [6.45, 7) is 9.73.